The summed E-state index contributed by atoms with van der Waals surface area (Å²) in [5, 5.41) is 2.93. The quantitative estimate of drug-likeness (QED) is 0.835. The molecule has 0 unspecified atom stereocenters. The lowest BCUT2D eigenvalue weighted by Gasteiger charge is -2.17. The summed E-state index contributed by atoms with van der Waals surface area (Å²) in [6.07, 6.45) is 0. The van der Waals surface area contributed by atoms with Crippen molar-refractivity contribution in [3.05, 3.63) is 28.7 Å². The van der Waals surface area contributed by atoms with Crippen LogP contribution in [0.3, 0.4) is 0 Å². The number of anilines is 1. The van der Waals surface area contributed by atoms with Gasteiger partial charge in [0.25, 0.3) is 0 Å². The Bertz CT molecular complexity index is 403. The van der Waals surface area contributed by atoms with Gasteiger partial charge in [-0.15, -0.1) is 0 Å². The molecule has 0 aliphatic carbocycles. The lowest BCUT2D eigenvalue weighted by Crippen LogP contribution is -2.36. The van der Waals surface area contributed by atoms with Gasteiger partial charge in [0.1, 0.15) is 0 Å². The zero-order valence-corrected chi connectivity index (χ0v) is 10.3. The third kappa shape index (κ3) is 2.15. The van der Waals surface area contributed by atoms with Gasteiger partial charge >= 0.3 is 6.03 Å². The number of nitrogens with one attached hydrogen (secondary N) is 1. The first-order valence-electron chi connectivity index (χ1n) is 4.83. The maximum Gasteiger partial charge on any atom is 0.322 e. The molecular weight excluding hydrogens is 256 g/mol. The number of benzene rings is 1. The van der Waals surface area contributed by atoms with Crippen LogP contribution in [-0.2, 0) is 0 Å². The van der Waals surface area contributed by atoms with E-state index in [9.17, 15) is 4.79 Å². The SMILES string of the molecule is CC1(C)CN(c2cccc(Br)c2)C(=O)N1. The normalized spacial score (nSPS) is 19.1. The molecule has 4 heteroatoms. The minimum Gasteiger partial charge on any atom is -0.331 e. The van der Waals surface area contributed by atoms with E-state index in [1.54, 1.807) is 4.90 Å². The Balaban J connectivity index is 2.29. The fourth-order valence-corrected chi connectivity index (χ4v) is 2.10. The Morgan fingerprint density at radius 3 is 2.73 bits per heavy atom. The maximum atomic E-state index is 11.7. The highest BCUT2D eigenvalue weighted by atomic mass is 79.9. The molecule has 0 radical (unpaired) electrons. The standard InChI is InChI=1S/C11H13BrN2O/c1-11(2)7-14(10(15)13-11)9-5-3-4-8(12)6-9/h3-6H,7H2,1-2H3,(H,13,15). The first-order chi connectivity index (χ1) is 6.98. The van der Waals surface area contributed by atoms with Crippen molar-refractivity contribution in [3.8, 4) is 0 Å². The Morgan fingerprint density at radius 2 is 2.20 bits per heavy atom. The topological polar surface area (TPSA) is 32.3 Å². The number of amides is 2. The molecule has 1 saturated heterocycles. The average Bonchev–Trinajstić information content (AvgIpc) is 2.40. The van der Waals surface area contributed by atoms with Crippen molar-refractivity contribution in [3.63, 3.8) is 0 Å². The summed E-state index contributed by atoms with van der Waals surface area (Å²) >= 11 is 3.40. The van der Waals surface area contributed by atoms with E-state index in [0.717, 1.165) is 10.2 Å². The number of halogens is 1. The molecule has 3 nitrogen and oxygen atoms in total. The Kier molecular flexibility index (Phi) is 2.46. The highest BCUT2D eigenvalue weighted by Gasteiger charge is 2.35. The van der Waals surface area contributed by atoms with Crippen molar-refractivity contribution in [2.24, 2.45) is 0 Å². The molecule has 0 spiro atoms. The van der Waals surface area contributed by atoms with Gasteiger partial charge in [0.15, 0.2) is 0 Å². The summed E-state index contributed by atoms with van der Waals surface area (Å²) in [5.41, 5.74) is 0.770. The molecule has 15 heavy (non-hydrogen) atoms. The second-order valence-electron chi connectivity index (χ2n) is 4.38. The summed E-state index contributed by atoms with van der Waals surface area (Å²) in [5.74, 6) is 0. The van der Waals surface area contributed by atoms with Gasteiger partial charge in [0.05, 0.1) is 12.1 Å². The van der Waals surface area contributed by atoms with Gasteiger partial charge in [0, 0.05) is 10.2 Å². The van der Waals surface area contributed by atoms with Gasteiger partial charge in [-0.05, 0) is 32.0 Å². The Morgan fingerprint density at radius 1 is 1.47 bits per heavy atom. The Hall–Kier alpha value is -1.03. The van der Waals surface area contributed by atoms with Crippen LogP contribution in [0, 0.1) is 0 Å². The highest BCUT2D eigenvalue weighted by Crippen LogP contribution is 2.25. The van der Waals surface area contributed by atoms with Gasteiger partial charge in [-0.1, -0.05) is 22.0 Å². The molecule has 0 aromatic heterocycles. The molecular formula is C11H13BrN2O. The van der Waals surface area contributed by atoms with Crippen molar-refractivity contribution >= 4 is 27.6 Å². The maximum absolute atomic E-state index is 11.7. The van der Waals surface area contributed by atoms with E-state index in [2.05, 4.69) is 21.2 Å². The van der Waals surface area contributed by atoms with Crippen LogP contribution in [0.1, 0.15) is 13.8 Å². The van der Waals surface area contributed by atoms with E-state index in [1.165, 1.54) is 0 Å². The monoisotopic (exact) mass is 268 g/mol. The van der Waals surface area contributed by atoms with Crippen molar-refractivity contribution < 1.29 is 4.79 Å². The molecule has 1 fully saturated rings. The average molecular weight is 269 g/mol. The zero-order valence-electron chi connectivity index (χ0n) is 8.75. The molecule has 1 aromatic carbocycles. The van der Waals surface area contributed by atoms with Gasteiger partial charge in [-0.25, -0.2) is 4.79 Å². The number of carbonyl (C=O) groups is 1. The number of rotatable bonds is 1. The van der Waals surface area contributed by atoms with Crippen LogP contribution < -0.4 is 10.2 Å². The number of nitrogens with zero attached hydrogens (tertiary/aromatic N) is 1. The van der Waals surface area contributed by atoms with E-state index >= 15 is 0 Å². The van der Waals surface area contributed by atoms with E-state index in [4.69, 9.17) is 0 Å². The minimum atomic E-state index is -0.153. The van der Waals surface area contributed by atoms with Crippen LogP contribution in [-0.4, -0.2) is 18.1 Å². The molecule has 1 N–H and O–H groups in total. The van der Waals surface area contributed by atoms with Gasteiger partial charge in [-0.2, -0.15) is 0 Å². The predicted molar refractivity (Wildman–Crippen MR) is 64.1 cm³/mol. The summed E-state index contributed by atoms with van der Waals surface area (Å²) < 4.78 is 0.984. The summed E-state index contributed by atoms with van der Waals surface area (Å²) in [6, 6.07) is 7.73. The molecule has 2 rings (SSSR count). The first kappa shape index (κ1) is 10.5. The zero-order chi connectivity index (χ0) is 11.1. The number of hydrogen-bond acceptors (Lipinski definition) is 1. The predicted octanol–water partition coefficient (Wildman–Crippen LogP) is 2.76. The van der Waals surface area contributed by atoms with E-state index in [-0.39, 0.29) is 11.6 Å². The number of urea groups is 1. The third-order valence-electron chi connectivity index (χ3n) is 2.36. The second-order valence-corrected chi connectivity index (χ2v) is 5.30. The fourth-order valence-electron chi connectivity index (χ4n) is 1.72. The molecule has 1 aliphatic rings. The molecule has 0 atom stereocenters. The van der Waals surface area contributed by atoms with E-state index < -0.39 is 0 Å². The lowest BCUT2D eigenvalue weighted by molar-refractivity contribution is 0.249. The fraction of sp³-hybridized carbons (Fsp3) is 0.364. The van der Waals surface area contributed by atoms with Gasteiger partial charge in [0.2, 0.25) is 0 Å². The molecule has 1 aromatic rings. The molecule has 80 valence electrons. The largest absolute Gasteiger partial charge is 0.331 e. The summed E-state index contributed by atoms with van der Waals surface area (Å²) in [6.45, 7) is 4.73. The molecule has 1 aliphatic heterocycles. The van der Waals surface area contributed by atoms with Gasteiger partial charge < -0.3 is 5.32 Å². The highest BCUT2D eigenvalue weighted by molar-refractivity contribution is 9.10. The van der Waals surface area contributed by atoms with Crippen LogP contribution in [0.2, 0.25) is 0 Å². The smallest absolute Gasteiger partial charge is 0.322 e. The second kappa shape index (κ2) is 3.52. The summed E-state index contributed by atoms with van der Waals surface area (Å²) in [4.78, 5) is 13.5. The third-order valence-corrected chi connectivity index (χ3v) is 2.86. The Labute approximate surface area is 97.6 Å². The van der Waals surface area contributed by atoms with Crippen LogP contribution in [0.5, 0.6) is 0 Å². The molecule has 2 amide bonds. The van der Waals surface area contributed by atoms with Crippen molar-refractivity contribution in [2.45, 2.75) is 19.4 Å². The first-order valence-corrected chi connectivity index (χ1v) is 5.62. The number of carbonyl (C=O) groups excluding carboxylic acids is 1. The van der Waals surface area contributed by atoms with Crippen molar-refractivity contribution in [1.82, 2.24) is 5.32 Å². The molecule has 1 heterocycles. The van der Waals surface area contributed by atoms with E-state index in [1.807, 2.05) is 38.1 Å². The van der Waals surface area contributed by atoms with Gasteiger partial charge in [-0.3, -0.25) is 4.90 Å². The van der Waals surface area contributed by atoms with Crippen LogP contribution >= 0.6 is 15.9 Å². The summed E-state index contributed by atoms with van der Waals surface area (Å²) in [7, 11) is 0. The van der Waals surface area contributed by atoms with Crippen LogP contribution in [0.15, 0.2) is 28.7 Å². The lowest BCUT2D eigenvalue weighted by atomic mass is 10.1. The number of hydrogen-bond donors (Lipinski definition) is 1. The van der Waals surface area contributed by atoms with Crippen molar-refractivity contribution in [2.75, 3.05) is 11.4 Å². The minimum absolute atomic E-state index is 0.0295. The van der Waals surface area contributed by atoms with Crippen LogP contribution in [0.25, 0.3) is 0 Å². The molecule has 0 saturated carbocycles. The van der Waals surface area contributed by atoms with Crippen molar-refractivity contribution in [1.29, 1.82) is 0 Å². The van der Waals surface area contributed by atoms with E-state index in [0.29, 0.717) is 6.54 Å². The van der Waals surface area contributed by atoms with Crippen LogP contribution in [0.4, 0.5) is 10.5 Å². The molecule has 0 bridgehead atoms.